The van der Waals surface area contributed by atoms with Crippen molar-refractivity contribution in [3.05, 3.63) is 35.4 Å². The van der Waals surface area contributed by atoms with Gasteiger partial charge in [-0.05, 0) is 43.7 Å². The molecule has 2 nitrogen and oxygen atoms in total. The lowest BCUT2D eigenvalue weighted by atomic mass is 10.0. The molecular formula is C15H22ClNO. The zero-order chi connectivity index (χ0) is 11.7. The second kappa shape index (κ2) is 6.05. The maximum atomic E-state index is 6.09. The standard InChI is InChI=1S/C15H21NO.ClH/c1-11-4-2-3-5-12(11)10-17-15-8-13-6-7-14(9-15)16-13;/h2-5,13-16H,6-10H2,1H3;1H/t13-,14+,15?;. The summed E-state index contributed by atoms with van der Waals surface area (Å²) in [4.78, 5) is 0. The van der Waals surface area contributed by atoms with Crippen molar-refractivity contribution in [2.75, 3.05) is 0 Å². The maximum Gasteiger partial charge on any atom is 0.0723 e. The van der Waals surface area contributed by atoms with Gasteiger partial charge in [0.15, 0.2) is 0 Å². The SMILES string of the molecule is Cc1ccccc1COC1C[C@H]2CC[C@@H](C1)N2.Cl. The molecule has 1 unspecified atom stereocenters. The van der Waals surface area contributed by atoms with Crippen molar-refractivity contribution in [2.45, 2.75) is 57.4 Å². The Morgan fingerprint density at radius 1 is 1.17 bits per heavy atom. The molecule has 1 N–H and O–H groups in total. The lowest BCUT2D eigenvalue weighted by Gasteiger charge is -2.29. The number of benzene rings is 1. The second-order valence-electron chi connectivity index (χ2n) is 5.47. The van der Waals surface area contributed by atoms with Gasteiger partial charge in [0.25, 0.3) is 0 Å². The average Bonchev–Trinajstić information content (AvgIpc) is 2.68. The fourth-order valence-corrected chi connectivity index (χ4v) is 3.12. The van der Waals surface area contributed by atoms with Gasteiger partial charge in [-0.1, -0.05) is 24.3 Å². The highest BCUT2D eigenvalue weighted by Crippen LogP contribution is 2.29. The van der Waals surface area contributed by atoms with E-state index in [0.29, 0.717) is 6.10 Å². The van der Waals surface area contributed by atoms with E-state index in [4.69, 9.17) is 4.74 Å². The zero-order valence-electron chi connectivity index (χ0n) is 10.9. The first-order chi connectivity index (χ1) is 8.31. The lowest BCUT2D eigenvalue weighted by molar-refractivity contribution is 0.00897. The van der Waals surface area contributed by atoms with Crippen LogP contribution in [0.15, 0.2) is 24.3 Å². The molecule has 1 aromatic rings. The van der Waals surface area contributed by atoms with Crippen molar-refractivity contribution < 1.29 is 4.74 Å². The molecule has 0 saturated carbocycles. The number of fused-ring (bicyclic) bond motifs is 2. The van der Waals surface area contributed by atoms with Gasteiger partial charge < -0.3 is 10.1 Å². The molecule has 100 valence electrons. The van der Waals surface area contributed by atoms with E-state index in [0.717, 1.165) is 18.7 Å². The van der Waals surface area contributed by atoms with Crippen LogP contribution in [0.25, 0.3) is 0 Å². The molecule has 3 heteroatoms. The van der Waals surface area contributed by atoms with E-state index in [1.807, 2.05) is 0 Å². The Kier molecular flexibility index (Phi) is 4.66. The summed E-state index contributed by atoms with van der Waals surface area (Å²) in [6.45, 7) is 2.93. The van der Waals surface area contributed by atoms with Gasteiger partial charge in [-0.3, -0.25) is 0 Å². The van der Waals surface area contributed by atoms with Crippen molar-refractivity contribution in [2.24, 2.45) is 0 Å². The molecule has 2 aliphatic rings. The summed E-state index contributed by atoms with van der Waals surface area (Å²) >= 11 is 0. The summed E-state index contributed by atoms with van der Waals surface area (Å²) in [7, 11) is 0. The van der Waals surface area contributed by atoms with E-state index >= 15 is 0 Å². The molecule has 2 fully saturated rings. The summed E-state index contributed by atoms with van der Waals surface area (Å²) in [5.74, 6) is 0. The van der Waals surface area contributed by atoms with Gasteiger partial charge in [-0.25, -0.2) is 0 Å². The van der Waals surface area contributed by atoms with Crippen molar-refractivity contribution in [3.63, 3.8) is 0 Å². The summed E-state index contributed by atoms with van der Waals surface area (Å²) in [6.07, 6.45) is 5.54. The van der Waals surface area contributed by atoms with Gasteiger partial charge in [0.05, 0.1) is 12.7 Å². The third-order valence-corrected chi connectivity index (χ3v) is 4.17. The number of hydrogen-bond acceptors (Lipinski definition) is 2. The highest BCUT2D eigenvalue weighted by Gasteiger charge is 2.33. The number of halogens is 1. The molecule has 0 radical (unpaired) electrons. The minimum atomic E-state index is 0. The largest absolute Gasteiger partial charge is 0.373 e. The number of nitrogens with one attached hydrogen (secondary N) is 1. The van der Waals surface area contributed by atoms with Crippen LogP contribution >= 0.6 is 12.4 Å². The first-order valence-electron chi connectivity index (χ1n) is 6.73. The quantitative estimate of drug-likeness (QED) is 0.908. The number of hydrogen-bond donors (Lipinski definition) is 1. The summed E-state index contributed by atoms with van der Waals surface area (Å²) in [5.41, 5.74) is 2.67. The summed E-state index contributed by atoms with van der Waals surface area (Å²) in [6, 6.07) is 9.95. The minimum absolute atomic E-state index is 0. The smallest absolute Gasteiger partial charge is 0.0723 e. The molecule has 3 atom stereocenters. The molecule has 1 aromatic carbocycles. The fourth-order valence-electron chi connectivity index (χ4n) is 3.12. The Balaban J connectivity index is 0.00000120. The third kappa shape index (κ3) is 3.05. The molecule has 0 aromatic heterocycles. The topological polar surface area (TPSA) is 21.3 Å². The number of piperidine rings is 1. The van der Waals surface area contributed by atoms with Crippen LogP contribution in [0, 0.1) is 6.92 Å². The third-order valence-electron chi connectivity index (χ3n) is 4.17. The number of aryl methyl sites for hydroxylation is 1. The van der Waals surface area contributed by atoms with Gasteiger partial charge in [0.1, 0.15) is 0 Å². The predicted octanol–water partition coefficient (Wildman–Crippen LogP) is 3.22. The first-order valence-corrected chi connectivity index (χ1v) is 6.73. The van der Waals surface area contributed by atoms with Crippen LogP contribution in [0.5, 0.6) is 0 Å². The summed E-state index contributed by atoms with van der Waals surface area (Å²) < 4.78 is 6.09. The van der Waals surface area contributed by atoms with Gasteiger partial charge in [-0.15, -0.1) is 12.4 Å². The fraction of sp³-hybridized carbons (Fsp3) is 0.600. The lowest BCUT2D eigenvalue weighted by Crippen LogP contribution is -2.41. The molecule has 2 saturated heterocycles. The monoisotopic (exact) mass is 267 g/mol. The normalized spacial score (nSPS) is 29.9. The Labute approximate surface area is 116 Å². The predicted molar refractivity (Wildman–Crippen MR) is 76.2 cm³/mol. The van der Waals surface area contributed by atoms with E-state index < -0.39 is 0 Å². The van der Waals surface area contributed by atoms with E-state index in [1.54, 1.807) is 0 Å². The van der Waals surface area contributed by atoms with Crippen LogP contribution in [-0.2, 0) is 11.3 Å². The minimum Gasteiger partial charge on any atom is -0.373 e. The van der Waals surface area contributed by atoms with E-state index in [1.165, 1.54) is 36.8 Å². The molecule has 2 aliphatic heterocycles. The number of ether oxygens (including phenoxy) is 1. The molecule has 0 amide bonds. The highest BCUT2D eigenvalue weighted by atomic mass is 35.5. The number of rotatable bonds is 3. The van der Waals surface area contributed by atoms with Crippen molar-refractivity contribution in [1.29, 1.82) is 0 Å². The van der Waals surface area contributed by atoms with Gasteiger partial charge in [0, 0.05) is 12.1 Å². The zero-order valence-corrected chi connectivity index (χ0v) is 11.7. The molecule has 2 bridgehead atoms. The van der Waals surface area contributed by atoms with E-state index in [-0.39, 0.29) is 12.4 Å². The van der Waals surface area contributed by atoms with Crippen LogP contribution in [0.4, 0.5) is 0 Å². The molecule has 2 heterocycles. The molecular weight excluding hydrogens is 246 g/mol. The van der Waals surface area contributed by atoms with Crippen LogP contribution in [-0.4, -0.2) is 18.2 Å². The molecule has 0 spiro atoms. The second-order valence-corrected chi connectivity index (χ2v) is 5.47. The van der Waals surface area contributed by atoms with Crippen LogP contribution in [0.1, 0.15) is 36.8 Å². The molecule has 18 heavy (non-hydrogen) atoms. The Bertz CT molecular complexity index is 384. The Hall–Kier alpha value is -0.570. The van der Waals surface area contributed by atoms with Crippen LogP contribution in [0.3, 0.4) is 0 Å². The van der Waals surface area contributed by atoms with Gasteiger partial charge in [-0.2, -0.15) is 0 Å². The van der Waals surface area contributed by atoms with Crippen molar-refractivity contribution >= 4 is 12.4 Å². The van der Waals surface area contributed by atoms with Gasteiger partial charge >= 0.3 is 0 Å². The molecule has 0 aliphatic carbocycles. The Morgan fingerprint density at radius 2 is 1.83 bits per heavy atom. The average molecular weight is 268 g/mol. The van der Waals surface area contributed by atoms with E-state index in [9.17, 15) is 0 Å². The summed E-state index contributed by atoms with van der Waals surface area (Å²) in [5, 5.41) is 3.65. The van der Waals surface area contributed by atoms with Crippen LogP contribution < -0.4 is 5.32 Å². The first kappa shape index (κ1) is 13.9. The molecule has 3 rings (SSSR count). The highest BCUT2D eigenvalue weighted by molar-refractivity contribution is 5.85. The van der Waals surface area contributed by atoms with Gasteiger partial charge in [0.2, 0.25) is 0 Å². The van der Waals surface area contributed by atoms with Crippen molar-refractivity contribution in [1.82, 2.24) is 5.32 Å². The van der Waals surface area contributed by atoms with Crippen LogP contribution in [0.2, 0.25) is 0 Å². The van der Waals surface area contributed by atoms with E-state index in [2.05, 4.69) is 36.5 Å². The Morgan fingerprint density at radius 3 is 2.50 bits per heavy atom. The maximum absolute atomic E-state index is 6.09. The van der Waals surface area contributed by atoms with Crippen molar-refractivity contribution in [3.8, 4) is 0 Å².